The molecule has 0 saturated heterocycles. The Balaban J connectivity index is 1.63. The van der Waals surface area contributed by atoms with E-state index in [-0.39, 0.29) is 5.57 Å². The van der Waals surface area contributed by atoms with Crippen LogP contribution in [0.2, 0.25) is 0 Å². The zero-order chi connectivity index (χ0) is 23.4. The zero-order valence-electron chi connectivity index (χ0n) is 18.7. The van der Waals surface area contributed by atoms with E-state index < -0.39 is 23.5 Å². The first-order chi connectivity index (χ1) is 16.0. The van der Waals surface area contributed by atoms with Crippen LogP contribution in [-0.2, 0) is 16.1 Å². The molecule has 7 nitrogen and oxygen atoms in total. The van der Waals surface area contributed by atoms with Crippen LogP contribution in [0.4, 0.5) is 0 Å². The summed E-state index contributed by atoms with van der Waals surface area (Å²) in [6.07, 6.45) is 10.3. The molecule has 7 heteroatoms. The largest absolute Gasteiger partial charge is 0.503 e. The molecule has 0 spiro atoms. The number of benzene rings is 1. The molecule has 0 bridgehead atoms. The topological polar surface area (TPSA) is 88.6 Å². The van der Waals surface area contributed by atoms with Crippen molar-refractivity contribution in [2.24, 2.45) is 0 Å². The number of furan rings is 1. The number of ketones is 1. The molecule has 0 fully saturated rings. The number of nitrogens with zero attached hydrogens (tertiary/aromatic N) is 3. The van der Waals surface area contributed by atoms with Gasteiger partial charge in [0, 0.05) is 25.5 Å². The molecule has 0 radical (unpaired) electrons. The molecule has 0 aliphatic carbocycles. The van der Waals surface area contributed by atoms with Crippen molar-refractivity contribution in [1.82, 2.24) is 14.5 Å². The van der Waals surface area contributed by atoms with E-state index in [1.807, 2.05) is 35.0 Å². The fourth-order valence-corrected chi connectivity index (χ4v) is 4.02. The first-order valence-corrected chi connectivity index (χ1v) is 11.0. The number of aliphatic hydroxyl groups excluding tert-OH is 1. The summed E-state index contributed by atoms with van der Waals surface area (Å²) in [6, 6.07) is 10.7. The zero-order valence-corrected chi connectivity index (χ0v) is 18.7. The maximum absolute atomic E-state index is 13.1. The van der Waals surface area contributed by atoms with Crippen LogP contribution in [0.5, 0.6) is 0 Å². The number of aryl methyl sites for hydroxylation is 1. The smallest absolute Gasteiger partial charge is 0.290 e. The fourth-order valence-electron chi connectivity index (χ4n) is 4.02. The Morgan fingerprint density at radius 2 is 2.00 bits per heavy atom. The summed E-state index contributed by atoms with van der Waals surface area (Å²) in [5.74, 6) is -0.579. The molecule has 1 aliphatic rings. The lowest BCUT2D eigenvalue weighted by Gasteiger charge is -2.27. The summed E-state index contributed by atoms with van der Waals surface area (Å²) in [7, 11) is 0. The van der Waals surface area contributed by atoms with Gasteiger partial charge in [0.15, 0.2) is 11.5 Å². The monoisotopic (exact) mass is 445 g/mol. The van der Waals surface area contributed by atoms with Crippen LogP contribution in [-0.4, -0.2) is 37.8 Å². The average molecular weight is 446 g/mol. The predicted molar refractivity (Wildman–Crippen MR) is 124 cm³/mol. The molecule has 3 heterocycles. The van der Waals surface area contributed by atoms with Gasteiger partial charge in [0.1, 0.15) is 5.76 Å². The van der Waals surface area contributed by atoms with E-state index in [1.54, 1.807) is 29.6 Å². The molecule has 1 aliphatic heterocycles. The highest BCUT2D eigenvalue weighted by Crippen LogP contribution is 2.38. The van der Waals surface area contributed by atoms with Gasteiger partial charge in [0.05, 0.1) is 24.2 Å². The highest BCUT2D eigenvalue weighted by Gasteiger charge is 2.42. The van der Waals surface area contributed by atoms with Gasteiger partial charge in [-0.1, -0.05) is 38.1 Å². The lowest BCUT2D eigenvalue weighted by molar-refractivity contribution is -0.129. The molecule has 1 N–H and O–H groups in total. The number of imidazole rings is 1. The predicted octanol–water partition coefficient (Wildman–Crippen LogP) is 4.67. The summed E-state index contributed by atoms with van der Waals surface area (Å²) in [6.45, 7) is 5.27. The third-order valence-electron chi connectivity index (χ3n) is 5.80. The van der Waals surface area contributed by atoms with Crippen LogP contribution >= 0.6 is 0 Å². The first kappa shape index (κ1) is 22.3. The number of carbonyl (C=O) groups excluding carboxylic acids is 2. The van der Waals surface area contributed by atoms with Gasteiger partial charge in [0.25, 0.3) is 5.91 Å². The van der Waals surface area contributed by atoms with Crippen molar-refractivity contribution in [2.45, 2.75) is 38.8 Å². The van der Waals surface area contributed by atoms with Crippen molar-refractivity contribution in [3.05, 3.63) is 95.7 Å². The van der Waals surface area contributed by atoms with Crippen LogP contribution in [0.25, 0.3) is 6.08 Å². The third-order valence-corrected chi connectivity index (χ3v) is 5.80. The molecule has 4 rings (SSSR count). The van der Waals surface area contributed by atoms with Gasteiger partial charge in [-0.3, -0.25) is 9.59 Å². The Morgan fingerprint density at radius 3 is 2.64 bits per heavy atom. The number of aliphatic hydroxyl groups is 1. The minimum Gasteiger partial charge on any atom is -0.503 e. The quantitative estimate of drug-likeness (QED) is 0.484. The van der Waals surface area contributed by atoms with Crippen LogP contribution in [0.3, 0.4) is 0 Å². The number of hydrogen-bond acceptors (Lipinski definition) is 5. The molecule has 170 valence electrons. The van der Waals surface area contributed by atoms with Crippen molar-refractivity contribution in [2.75, 3.05) is 6.54 Å². The van der Waals surface area contributed by atoms with Crippen molar-refractivity contribution < 1.29 is 19.1 Å². The summed E-state index contributed by atoms with van der Waals surface area (Å²) < 4.78 is 7.18. The van der Waals surface area contributed by atoms with Crippen LogP contribution in [0.1, 0.15) is 49.1 Å². The molecular formula is C26H27N3O4. The van der Waals surface area contributed by atoms with Crippen LogP contribution < -0.4 is 0 Å². The molecule has 2 aromatic heterocycles. The van der Waals surface area contributed by atoms with E-state index in [4.69, 9.17) is 4.42 Å². The van der Waals surface area contributed by atoms with E-state index in [0.29, 0.717) is 31.2 Å². The Hall–Kier alpha value is -3.87. The number of rotatable bonds is 9. The normalized spacial score (nSPS) is 16.5. The molecule has 3 aromatic rings. The number of allylic oxidation sites excluding steroid dienone is 1. The standard InChI is InChI=1S/C26H27N3O4/c1-18(2)19-6-8-20(9-7-19)24-23(22(30)11-10-21-5-3-16-33-21)25(31)26(32)29(24)14-4-13-28-15-12-27-17-28/h3,5-12,15-18,24,31H,4,13-14H2,1-2H3. The molecule has 0 saturated carbocycles. The van der Waals surface area contributed by atoms with Gasteiger partial charge in [0.2, 0.25) is 0 Å². The van der Waals surface area contributed by atoms with E-state index in [0.717, 1.165) is 11.1 Å². The molecule has 1 unspecified atom stereocenters. The van der Waals surface area contributed by atoms with E-state index >= 15 is 0 Å². The second kappa shape index (κ2) is 9.73. The number of aromatic nitrogens is 2. The highest BCUT2D eigenvalue weighted by molar-refractivity contribution is 6.14. The maximum atomic E-state index is 13.1. The van der Waals surface area contributed by atoms with Crippen molar-refractivity contribution in [1.29, 1.82) is 0 Å². The molecule has 33 heavy (non-hydrogen) atoms. The minimum atomic E-state index is -0.657. The summed E-state index contributed by atoms with van der Waals surface area (Å²) in [5.41, 5.74) is 2.03. The van der Waals surface area contributed by atoms with Crippen molar-refractivity contribution >= 4 is 17.8 Å². The molecule has 1 amide bonds. The number of carbonyl (C=O) groups is 2. The average Bonchev–Trinajstić information content (AvgIpc) is 3.56. The van der Waals surface area contributed by atoms with Gasteiger partial charge in [-0.25, -0.2) is 4.98 Å². The molecule has 1 aromatic carbocycles. The molecular weight excluding hydrogens is 418 g/mol. The Kier molecular flexibility index (Phi) is 6.58. The summed E-state index contributed by atoms with van der Waals surface area (Å²) in [5, 5.41) is 10.7. The number of amides is 1. The van der Waals surface area contributed by atoms with Gasteiger partial charge < -0.3 is 19.0 Å². The first-order valence-electron chi connectivity index (χ1n) is 11.0. The second-order valence-electron chi connectivity index (χ2n) is 8.35. The lowest BCUT2D eigenvalue weighted by atomic mass is 9.93. The lowest BCUT2D eigenvalue weighted by Crippen LogP contribution is -2.32. The van der Waals surface area contributed by atoms with E-state index in [1.165, 1.54) is 18.4 Å². The Bertz CT molecular complexity index is 1160. The Labute approximate surface area is 192 Å². The number of hydrogen-bond donors (Lipinski definition) is 1. The van der Waals surface area contributed by atoms with Crippen molar-refractivity contribution in [3.8, 4) is 0 Å². The van der Waals surface area contributed by atoms with Gasteiger partial charge in [-0.05, 0) is 47.8 Å². The summed E-state index contributed by atoms with van der Waals surface area (Å²) in [4.78, 5) is 31.7. The SMILES string of the molecule is CC(C)c1ccc(C2C(C(=O)C=Cc3ccco3)=C(O)C(=O)N2CCCn2ccnc2)cc1. The highest BCUT2D eigenvalue weighted by atomic mass is 16.3. The minimum absolute atomic E-state index is 0.0859. The Morgan fingerprint density at radius 1 is 1.21 bits per heavy atom. The van der Waals surface area contributed by atoms with Crippen LogP contribution in [0, 0.1) is 0 Å². The van der Waals surface area contributed by atoms with E-state index in [9.17, 15) is 14.7 Å². The van der Waals surface area contributed by atoms with E-state index in [2.05, 4.69) is 18.8 Å². The summed E-state index contributed by atoms with van der Waals surface area (Å²) >= 11 is 0. The second-order valence-corrected chi connectivity index (χ2v) is 8.35. The third kappa shape index (κ3) is 4.82. The van der Waals surface area contributed by atoms with Gasteiger partial charge >= 0.3 is 0 Å². The van der Waals surface area contributed by atoms with Gasteiger partial charge in [-0.15, -0.1) is 0 Å². The fraction of sp³-hybridized carbons (Fsp3) is 0.269. The van der Waals surface area contributed by atoms with Crippen molar-refractivity contribution in [3.63, 3.8) is 0 Å². The maximum Gasteiger partial charge on any atom is 0.290 e. The van der Waals surface area contributed by atoms with Crippen LogP contribution in [0.15, 0.2) is 83.2 Å². The molecule has 1 atom stereocenters. The van der Waals surface area contributed by atoms with Gasteiger partial charge in [-0.2, -0.15) is 0 Å².